The van der Waals surface area contributed by atoms with Crippen molar-refractivity contribution in [3.63, 3.8) is 0 Å². The summed E-state index contributed by atoms with van der Waals surface area (Å²) in [6, 6.07) is 6.90. The predicted octanol–water partition coefficient (Wildman–Crippen LogP) is 2.32. The van der Waals surface area contributed by atoms with Gasteiger partial charge in [-0.25, -0.2) is 0 Å². The largest absolute Gasteiger partial charge is 0.487 e. The molecule has 19 heavy (non-hydrogen) atoms. The van der Waals surface area contributed by atoms with Crippen molar-refractivity contribution in [2.24, 2.45) is 16.9 Å². The molecular formula is C15H24N2O2. The van der Waals surface area contributed by atoms with Gasteiger partial charge < -0.3 is 16.2 Å². The highest BCUT2D eigenvalue weighted by Gasteiger charge is 2.32. The fraction of sp³-hybridized carbons (Fsp3) is 0.533. The average molecular weight is 264 g/mol. The normalized spacial score (nSPS) is 14.8. The van der Waals surface area contributed by atoms with Crippen LogP contribution < -0.4 is 16.2 Å². The number of hydrogen-bond acceptors (Lipinski definition) is 3. The lowest BCUT2D eigenvalue weighted by atomic mass is 9.84. The van der Waals surface area contributed by atoms with Gasteiger partial charge in [-0.3, -0.25) is 4.79 Å². The Hall–Kier alpha value is -1.55. The van der Waals surface area contributed by atoms with E-state index in [0.29, 0.717) is 11.3 Å². The molecule has 0 saturated heterocycles. The summed E-state index contributed by atoms with van der Waals surface area (Å²) in [6.07, 6.45) is 0.624. The molecule has 0 heterocycles. The highest BCUT2D eigenvalue weighted by Crippen LogP contribution is 2.29. The molecule has 0 aliphatic heterocycles. The smallest absolute Gasteiger partial charge is 0.252 e. The van der Waals surface area contributed by atoms with Gasteiger partial charge in [0, 0.05) is 11.5 Å². The Bertz CT molecular complexity index is 438. The summed E-state index contributed by atoms with van der Waals surface area (Å²) >= 11 is 0. The van der Waals surface area contributed by atoms with Crippen LogP contribution in [-0.2, 0) is 0 Å². The first kappa shape index (κ1) is 15.5. The number of ether oxygens (including phenoxy) is 1. The fourth-order valence-corrected chi connectivity index (χ4v) is 2.03. The van der Waals surface area contributed by atoms with Crippen molar-refractivity contribution in [2.75, 3.05) is 0 Å². The Morgan fingerprint density at radius 2 is 1.89 bits per heavy atom. The van der Waals surface area contributed by atoms with E-state index in [-0.39, 0.29) is 17.6 Å². The van der Waals surface area contributed by atoms with Gasteiger partial charge in [0.1, 0.15) is 11.9 Å². The second-order valence-corrected chi connectivity index (χ2v) is 5.84. The van der Waals surface area contributed by atoms with Crippen LogP contribution in [0.2, 0.25) is 0 Å². The number of carbonyl (C=O) groups is 1. The molecule has 0 aliphatic rings. The van der Waals surface area contributed by atoms with Crippen molar-refractivity contribution in [3.8, 4) is 5.75 Å². The van der Waals surface area contributed by atoms with Crippen LogP contribution >= 0.6 is 0 Å². The minimum atomic E-state index is -0.492. The summed E-state index contributed by atoms with van der Waals surface area (Å²) in [5.41, 5.74) is 11.8. The number of nitrogens with two attached hydrogens (primary N) is 2. The number of amides is 1. The molecule has 1 amide bonds. The first-order valence-corrected chi connectivity index (χ1v) is 6.58. The first-order chi connectivity index (χ1) is 8.77. The number of carbonyl (C=O) groups excluding carboxylic acids is 1. The van der Waals surface area contributed by atoms with Crippen LogP contribution in [0.5, 0.6) is 5.75 Å². The quantitative estimate of drug-likeness (QED) is 0.856. The van der Waals surface area contributed by atoms with Gasteiger partial charge in [0.2, 0.25) is 0 Å². The molecule has 106 valence electrons. The predicted molar refractivity (Wildman–Crippen MR) is 77.1 cm³/mol. The molecular weight excluding hydrogens is 240 g/mol. The minimum Gasteiger partial charge on any atom is -0.487 e. The highest BCUT2D eigenvalue weighted by atomic mass is 16.5. The topological polar surface area (TPSA) is 78.3 Å². The molecule has 0 aliphatic carbocycles. The van der Waals surface area contributed by atoms with Crippen LogP contribution in [0, 0.1) is 5.41 Å². The lowest BCUT2D eigenvalue weighted by molar-refractivity contribution is 0.0606. The standard InChI is InChI=1S/C15H24N2O2/c1-5-11(16)13(15(2,3)4)19-12-9-7-6-8-10(12)14(17)18/h6-9,11,13H,5,16H2,1-4H3,(H2,17,18). The highest BCUT2D eigenvalue weighted by molar-refractivity contribution is 5.95. The van der Waals surface area contributed by atoms with E-state index in [1.165, 1.54) is 0 Å². The maximum atomic E-state index is 11.4. The zero-order chi connectivity index (χ0) is 14.6. The van der Waals surface area contributed by atoms with E-state index in [9.17, 15) is 4.79 Å². The maximum Gasteiger partial charge on any atom is 0.252 e. The van der Waals surface area contributed by atoms with Crippen molar-refractivity contribution in [3.05, 3.63) is 29.8 Å². The summed E-state index contributed by atoms with van der Waals surface area (Å²) in [6.45, 7) is 8.23. The Balaban J connectivity index is 3.07. The molecule has 1 aromatic carbocycles. The van der Waals surface area contributed by atoms with E-state index in [4.69, 9.17) is 16.2 Å². The summed E-state index contributed by atoms with van der Waals surface area (Å²) < 4.78 is 6.00. The van der Waals surface area contributed by atoms with Crippen LogP contribution in [0.1, 0.15) is 44.5 Å². The molecule has 0 spiro atoms. The Morgan fingerprint density at radius 3 is 2.37 bits per heavy atom. The average Bonchev–Trinajstić information content (AvgIpc) is 2.34. The van der Waals surface area contributed by atoms with Crippen molar-refractivity contribution in [2.45, 2.75) is 46.3 Å². The van der Waals surface area contributed by atoms with E-state index in [1.54, 1.807) is 18.2 Å². The van der Waals surface area contributed by atoms with Crippen molar-refractivity contribution >= 4 is 5.91 Å². The third kappa shape index (κ3) is 3.96. The van der Waals surface area contributed by atoms with Crippen molar-refractivity contribution < 1.29 is 9.53 Å². The molecule has 4 nitrogen and oxygen atoms in total. The van der Waals surface area contributed by atoms with E-state index in [2.05, 4.69) is 20.8 Å². The molecule has 4 N–H and O–H groups in total. The fourth-order valence-electron chi connectivity index (χ4n) is 2.03. The van der Waals surface area contributed by atoms with Crippen LogP contribution in [-0.4, -0.2) is 18.1 Å². The molecule has 1 rings (SSSR count). The van der Waals surface area contributed by atoms with E-state index in [0.717, 1.165) is 6.42 Å². The lowest BCUT2D eigenvalue weighted by Gasteiger charge is -2.35. The zero-order valence-corrected chi connectivity index (χ0v) is 12.1. The second kappa shape index (κ2) is 6.06. The number of benzene rings is 1. The molecule has 0 aromatic heterocycles. The third-order valence-corrected chi connectivity index (χ3v) is 3.12. The third-order valence-electron chi connectivity index (χ3n) is 3.12. The van der Waals surface area contributed by atoms with E-state index in [1.807, 2.05) is 13.0 Å². The van der Waals surface area contributed by atoms with Crippen LogP contribution in [0.15, 0.2) is 24.3 Å². The van der Waals surface area contributed by atoms with E-state index >= 15 is 0 Å². The molecule has 0 fully saturated rings. The monoisotopic (exact) mass is 264 g/mol. The Kier molecular flexibility index (Phi) is 4.95. The first-order valence-electron chi connectivity index (χ1n) is 6.58. The van der Waals surface area contributed by atoms with Gasteiger partial charge in [-0.2, -0.15) is 0 Å². The SMILES string of the molecule is CCC(N)C(Oc1ccccc1C(N)=O)C(C)(C)C. The Morgan fingerprint density at radius 1 is 1.32 bits per heavy atom. The van der Waals surface area contributed by atoms with Crippen LogP contribution in [0.3, 0.4) is 0 Å². The summed E-state index contributed by atoms with van der Waals surface area (Å²) in [7, 11) is 0. The minimum absolute atomic E-state index is 0.0964. The number of hydrogen-bond donors (Lipinski definition) is 2. The summed E-state index contributed by atoms with van der Waals surface area (Å²) in [5.74, 6) is 0.00662. The maximum absolute atomic E-state index is 11.4. The van der Waals surface area contributed by atoms with Gasteiger partial charge in [0.15, 0.2) is 0 Å². The Labute approximate surface area is 115 Å². The lowest BCUT2D eigenvalue weighted by Crippen LogP contribution is -2.47. The molecule has 0 radical (unpaired) electrons. The summed E-state index contributed by atoms with van der Waals surface area (Å²) in [5, 5.41) is 0. The van der Waals surface area contributed by atoms with Crippen molar-refractivity contribution in [1.29, 1.82) is 0 Å². The van der Waals surface area contributed by atoms with Gasteiger partial charge in [-0.05, 0) is 18.6 Å². The molecule has 2 unspecified atom stereocenters. The molecule has 0 bridgehead atoms. The van der Waals surface area contributed by atoms with Gasteiger partial charge >= 0.3 is 0 Å². The molecule has 4 heteroatoms. The van der Waals surface area contributed by atoms with E-state index < -0.39 is 5.91 Å². The van der Waals surface area contributed by atoms with Gasteiger partial charge in [-0.1, -0.05) is 39.8 Å². The number of para-hydroxylation sites is 1. The summed E-state index contributed by atoms with van der Waals surface area (Å²) in [4.78, 5) is 11.4. The van der Waals surface area contributed by atoms with Gasteiger partial charge in [0.05, 0.1) is 5.56 Å². The molecule has 1 aromatic rings. The second-order valence-electron chi connectivity index (χ2n) is 5.84. The number of rotatable bonds is 5. The van der Waals surface area contributed by atoms with Gasteiger partial charge in [0.25, 0.3) is 5.91 Å². The number of primary amides is 1. The van der Waals surface area contributed by atoms with Crippen LogP contribution in [0.25, 0.3) is 0 Å². The van der Waals surface area contributed by atoms with Crippen LogP contribution in [0.4, 0.5) is 0 Å². The zero-order valence-electron chi connectivity index (χ0n) is 12.1. The molecule has 2 atom stereocenters. The molecule has 0 saturated carbocycles. The van der Waals surface area contributed by atoms with Gasteiger partial charge in [-0.15, -0.1) is 0 Å². The van der Waals surface area contributed by atoms with Crippen molar-refractivity contribution in [1.82, 2.24) is 0 Å².